The maximum absolute atomic E-state index is 12.8. The smallest absolute Gasteiger partial charge is 0.330 e. The highest BCUT2D eigenvalue weighted by Gasteiger charge is 2.35. The molecule has 0 heterocycles. The van der Waals surface area contributed by atoms with Crippen molar-refractivity contribution in [2.75, 3.05) is 11.9 Å². The maximum atomic E-state index is 12.8. The fourth-order valence-electron chi connectivity index (χ4n) is 2.72. The van der Waals surface area contributed by atoms with E-state index in [-0.39, 0.29) is 40.9 Å². The van der Waals surface area contributed by atoms with E-state index in [1.54, 1.807) is 0 Å². The first-order chi connectivity index (χ1) is 9.82. The van der Waals surface area contributed by atoms with Gasteiger partial charge >= 0.3 is 6.18 Å². The Morgan fingerprint density at radius 3 is 2.64 bits per heavy atom. The molecule has 1 aromatic carbocycles. The summed E-state index contributed by atoms with van der Waals surface area (Å²) in [5.41, 5.74) is 4.75. The summed E-state index contributed by atoms with van der Waals surface area (Å²) in [5.74, 6) is -0.419. The number of hydrogen-bond donors (Lipinski definition) is 2. The van der Waals surface area contributed by atoms with Gasteiger partial charge in [-0.15, -0.1) is 12.4 Å². The van der Waals surface area contributed by atoms with Crippen molar-refractivity contribution in [2.45, 2.75) is 25.4 Å². The highest BCUT2D eigenvalue weighted by Crippen LogP contribution is 2.37. The average Bonchev–Trinajstić information content (AvgIpc) is 2.88. The first-order valence-electron chi connectivity index (χ1n) is 6.70. The molecule has 124 valence electrons. The lowest BCUT2D eigenvalue weighted by Crippen LogP contribution is -2.29. The number of hydrogen-bond acceptors (Lipinski definition) is 2. The molecule has 3 nitrogen and oxygen atoms in total. The lowest BCUT2D eigenvalue weighted by molar-refractivity contribution is -0.137. The molecular weight excluding hydrogens is 340 g/mol. The van der Waals surface area contributed by atoms with E-state index >= 15 is 0 Å². The SMILES string of the molecule is Cl.NC[C@H]1CCC[C@H]1C(=O)Nc1ccc(Cl)c(C(F)(F)F)c1. The third kappa shape index (κ3) is 4.27. The van der Waals surface area contributed by atoms with Crippen molar-refractivity contribution in [3.63, 3.8) is 0 Å². The minimum Gasteiger partial charge on any atom is -0.330 e. The van der Waals surface area contributed by atoms with Crippen LogP contribution in [0.25, 0.3) is 0 Å². The molecule has 2 rings (SSSR count). The molecule has 1 fully saturated rings. The van der Waals surface area contributed by atoms with Crippen molar-refractivity contribution in [1.29, 1.82) is 0 Å². The molecule has 0 unspecified atom stereocenters. The summed E-state index contributed by atoms with van der Waals surface area (Å²) in [5, 5.41) is 2.15. The van der Waals surface area contributed by atoms with Crippen LogP contribution in [0.4, 0.5) is 18.9 Å². The van der Waals surface area contributed by atoms with E-state index in [0.717, 1.165) is 25.0 Å². The zero-order valence-electron chi connectivity index (χ0n) is 11.6. The van der Waals surface area contributed by atoms with Crippen LogP contribution in [0.3, 0.4) is 0 Å². The second kappa shape index (κ2) is 7.53. The summed E-state index contributed by atoms with van der Waals surface area (Å²) in [4.78, 5) is 12.1. The molecule has 0 aliphatic heterocycles. The summed E-state index contributed by atoms with van der Waals surface area (Å²) in [6.45, 7) is 0.409. The van der Waals surface area contributed by atoms with Gasteiger partial charge in [0.2, 0.25) is 5.91 Å². The van der Waals surface area contributed by atoms with E-state index in [1.807, 2.05) is 0 Å². The molecule has 1 aliphatic rings. The summed E-state index contributed by atoms with van der Waals surface area (Å²) < 4.78 is 38.3. The van der Waals surface area contributed by atoms with Crippen LogP contribution < -0.4 is 11.1 Å². The standard InChI is InChI=1S/C14H16ClF3N2O.ClH/c15-12-5-4-9(6-11(12)14(16,17)18)20-13(21)10-3-1-2-8(10)7-19;/h4-6,8,10H,1-3,7,19H2,(H,20,21);1H/t8-,10-;/m1./s1. The largest absolute Gasteiger partial charge is 0.417 e. The lowest BCUT2D eigenvalue weighted by Gasteiger charge is -2.18. The van der Waals surface area contributed by atoms with Crippen LogP contribution in [-0.4, -0.2) is 12.5 Å². The molecule has 0 aromatic heterocycles. The Hall–Kier alpha value is -0.980. The summed E-state index contributed by atoms with van der Waals surface area (Å²) in [7, 11) is 0. The van der Waals surface area contributed by atoms with Crippen LogP contribution >= 0.6 is 24.0 Å². The normalized spacial score (nSPS) is 21.3. The first-order valence-corrected chi connectivity index (χ1v) is 7.08. The Balaban J connectivity index is 0.00000242. The predicted octanol–water partition coefficient (Wildman–Crippen LogP) is 4.09. The fourth-order valence-corrected chi connectivity index (χ4v) is 2.94. The van der Waals surface area contributed by atoms with Gasteiger partial charge in [0.25, 0.3) is 0 Å². The Morgan fingerprint density at radius 2 is 2.05 bits per heavy atom. The van der Waals surface area contributed by atoms with Crippen LogP contribution in [0.2, 0.25) is 5.02 Å². The number of amides is 1. The van der Waals surface area contributed by atoms with E-state index in [1.165, 1.54) is 6.07 Å². The number of benzene rings is 1. The topological polar surface area (TPSA) is 55.1 Å². The molecule has 1 amide bonds. The summed E-state index contributed by atoms with van der Waals surface area (Å²) in [6.07, 6.45) is -2.05. The number of carbonyl (C=O) groups is 1. The van der Waals surface area contributed by atoms with Crippen molar-refractivity contribution in [3.05, 3.63) is 28.8 Å². The fraction of sp³-hybridized carbons (Fsp3) is 0.500. The van der Waals surface area contributed by atoms with Crippen molar-refractivity contribution in [3.8, 4) is 0 Å². The predicted molar refractivity (Wildman–Crippen MR) is 82.2 cm³/mol. The van der Waals surface area contributed by atoms with Gasteiger partial charge in [-0.2, -0.15) is 13.2 Å². The number of rotatable bonds is 3. The third-order valence-electron chi connectivity index (χ3n) is 3.84. The van der Waals surface area contributed by atoms with E-state index < -0.39 is 11.7 Å². The Morgan fingerprint density at radius 1 is 1.36 bits per heavy atom. The second-order valence-corrected chi connectivity index (χ2v) is 5.62. The number of nitrogens with two attached hydrogens (primary N) is 1. The molecule has 0 saturated heterocycles. The van der Waals surface area contributed by atoms with E-state index in [9.17, 15) is 18.0 Å². The van der Waals surface area contributed by atoms with Gasteiger partial charge in [0.1, 0.15) is 0 Å². The molecule has 8 heteroatoms. The number of carbonyl (C=O) groups excluding carboxylic acids is 1. The zero-order chi connectivity index (χ0) is 15.6. The van der Waals surface area contributed by atoms with Gasteiger partial charge in [0, 0.05) is 11.6 Å². The maximum Gasteiger partial charge on any atom is 0.417 e. The zero-order valence-corrected chi connectivity index (χ0v) is 13.2. The van der Waals surface area contributed by atoms with Crippen molar-refractivity contribution >= 4 is 35.6 Å². The van der Waals surface area contributed by atoms with Gasteiger partial charge in [-0.1, -0.05) is 18.0 Å². The molecular formula is C14H17Cl2F3N2O. The molecule has 22 heavy (non-hydrogen) atoms. The highest BCUT2D eigenvalue weighted by atomic mass is 35.5. The monoisotopic (exact) mass is 356 g/mol. The molecule has 0 radical (unpaired) electrons. The minimum absolute atomic E-state index is 0. The van der Waals surface area contributed by atoms with E-state index in [2.05, 4.69) is 5.32 Å². The van der Waals surface area contributed by atoms with Crippen molar-refractivity contribution in [1.82, 2.24) is 0 Å². The van der Waals surface area contributed by atoms with Crippen LogP contribution in [0.5, 0.6) is 0 Å². The lowest BCUT2D eigenvalue weighted by atomic mass is 9.95. The van der Waals surface area contributed by atoms with Gasteiger partial charge in [0.05, 0.1) is 10.6 Å². The molecule has 2 atom stereocenters. The molecule has 3 N–H and O–H groups in total. The molecule has 0 bridgehead atoms. The van der Waals surface area contributed by atoms with Crippen LogP contribution in [0, 0.1) is 11.8 Å². The Kier molecular flexibility index (Phi) is 6.52. The number of nitrogens with one attached hydrogen (secondary N) is 1. The number of alkyl halides is 3. The van der Waals surface area contributed by atoms with Gasteiger partial charge in [-0.25, -0.2) is 0 Å². The molecule has 0 spiro atoms. The van der Waals surface area contributed by atoms with Gasteiger partial charge in [0.15, 0.2) is 0 Å². The van der Waals surface area contributed by atoms with E-state index in [0.29, 0.717) is 13.0 Å². The van der Waals surface area contributed by atoms with Crippen LogP contribution in [0.15, 0.2) is 18.2 Å². The molecule has 1 saturated carbocycles. The quantitative estimate of drug-likeness (QED) is 0.856. The van der Waals surface area contributed by atoms with E-state index in [4.69, 9.17) is 17.3 Å². The molecule has 1 aliphatic carbocycles. The summed E-state index contributed by atoms with van der Waals surface area (Å²) >= 11 is 5.54. The second-order valence-electron chi connectivity index (χ2n) is 5.21. The summed E-state index contributed by atoms with van der Waals surface area (Å²) in [6, 6.07) is 3.35. The highest BCUT2D eigenvalue weighted by molar-refractivity contribution is 6.31. The van der Waals surface area contributed by atoms with Crippen molar-refractivity contribution < 1.29 is 18.0 Å². The average molecular weight is 357 g/mol. The van der Waals surface area contributed by atoms with Gasteiger partial charge in [-0.05, 0) is 43.5 Å². The van der Waals surface area contributed by atoms with Crippen molar-refractivity contribution in [2.24, 2.45) is 17.6 Å². The third-order valence-corrected chi connectivity index (χ3v) is 4.17. The van der Waals surface area contributed by atoms with Gasteiger partial charge < -0.3 is 11.1 Å². The Labute approximate surface area is 137 Å². The molecule has 1 aromatic rings. The van der Waals surface area contributed by atoms with Crippen LogP contribution in [-0.2, 0) is 11.0 Å². The minimum atomic E-state index is -4.55. The Bertz CT molecular complexity index is 537. The first kappa shape index (κ1) is 19.1. The number of anilines is 1. The number of halogens is 5. The van der Waals surface area contributed by atoms with Gasteiger partial charge in [-0.3, -0.25) is 4.79 Å². The van der Waals surface area contributed by atoms with Crippen LogP contribution in [0.1, 0.15) is 24.8 Å².